The van der Waals surface area contributed by atoms with E-state index < -0.39 is 23.7 Å². The molecule has 1 aliphatic rings. The van der Waals surface area contributed by atoms with Crippen molar-refractivity contribution in [1.29, 1.82) is 0 Å². The summed E-state index contributed by atoms with van der Waals surface area (Å²) in [5.41, 5.74) is 1.54. The average Bonchev–Trinajstić information content (AvgIpc) is 3.06. The lowest BCUT2D eigenvalue weighted by Crippen LogP contribution is -2.35. The largest absolute Gasteiger partial charge is 0.507 e. The minimum Gasteiger partial charge on any atom is -0.507 e. The molecule has 1 unspecified atom stereocenters. The van der Waals surface area contributed by atoms with Gasteiger partial charge in [-0.15, -0.1) is 0 Å². The van der Waals surface area contributed by atoms with E-state index in [1.165, 1.54) is 11.8 Å². The highest BCUT2D eigenvalue weighted by Crippen LogP contribution is 2.41. The Hall–Kier alpha value is -3.65. The number of Topliss-reactive ketones (excluding diaryl/α,β-unsaturated/α-hetero) is 1. The molecule has 8 heteroatoms. The van der Waals surface area contributed by atoms with Gasteiger partial charge in [-0.2, -0.15) is 0 Å². The van der Waals surface area contributed by atoms with Gasteiger partial charge in [0.2, 0.25) is 0 Å². The third-order valence-electron chi connectivity index (χ3n) is 6.12. The number of esters is 1. The van der Waals surface area contributed by atoms with E-state index in [1.807, 2.05) is 46.7 Å². The second-order valence-corrected chi connectivity index (χ2v) is 10.4. The van der Waals surface area contributed by atoms with Gasteiger partial charge in [0, 0.05) is 31.1 Å². The Bertz CT molecular complexity index is 1230. The van der Waals surface area contributed by atoms with Crippen molar-refractivity contribution in [1.82, 2.24) is 9.80 Å². The summed E-state index contributed by atoms with van der Waals surface area (Å²) in [6.07, 6.45) is 0. The molecule has 1 aliphatic heterocycles. The van der Waals surface area contributed by atoms with E-state index in [0.717, 1.165) is 5.56 Å². The third kappa shape index (κ3) is 6.20. The summed E-state index contributed by atoms with van der Waals surface area (Å²) in [7, 11) is 3.75. The first kappa shape index (κ1) is 27.9. The van der Waals surface area contributed by atoms with Crippen LogP contribution in [0, 0.1) is 0 Å². The van der Waals surface area contributed by atoms with Crippen molar-refractivity contribution in [3.8, 4) is 11.5 Å². The number of likely N-dealkylation sites (tertiary alicyclic amines) is 1. The lowest BCUT2D eigenvalue weighted by molar-refractivity contribution is -0.140. The van der Waals surface area contributed by atoms with Crippen molar-refractivity contribution in [2.75, 3.05) is 33.8 Å². The fraction of sp³-hybridized carbons (Fsp3) is 0.414. The van der Waals surface area contributed by atoms with Gasteiger partial charge >= 0.3 is 5.97 Å². The highest BCUT2D eigenvalue weighted by atomic mass is 16.5. The van der Waals surface area contributed by atoms with Crippen molar-refractivity contribution in [2.24, 2.45) is 0 Å². The van der Waals surface area contributed by atoms with E-state index in [0.29, 0.717) is 35.8 Å². The Morgan fingerprint density at radius 2 is 1.81 bits per heavy atom. The number of nitrogens with zero attached hydrogens (tertiary/aromatic N) is 2. The van der Waals surface area contributed by atoms with Gasteiger partial charge in [-0.05, 0) is 62.3 Å². The number of aliphatic hydroxyl groups is 1. The van der Waals surface area contributed by atoms with Crippen molar-refractivity contribution in [2.45, 2.75) is 46.1 Å². The summed E-state index contributed by atoms with van der Waals surface area (Å²) in [6.45, 7) is 10.6. The summed E-state index contributed by atoms with van der Waals surface area (Å²) in [6, 6.07) is 11.1. The highest BCUT2D eigenvalue weighted by Gasteiger charge is 2.46. The van der Waals surface area contributed by atoms with E-state index in [9.17, 15) is 19.5 Å². The summed E-state index contributed by atoms with van der Waals surface area (Å²) in [5, 5.41) is 11.5. The molecule has 3 rings (SSSR count). The normalized spacial score (nSPS) is 17.4. The molecule has 1 N–H and O–H groups in total. The molecule has 0 saturated carbocycles. The van der Waals surface area contributed by atoms with Crippen LogP contribution in [0.2, 0.25) is 0 Å². The van der Waals surface area contributed by atoms with Crippen LogP contribution < -0.4 is 9.47 Å². The smallest absolute Gasteiger partial charge is 0.308 e. The lowest BCUT2D eigenvalue weighted by Gasteiger charge is -2.27. The second-order valence-electron chi connectivity index (χ2n) is 10.4. The minimum atomic E-state index is -0.847. The van der Waals surface area contributed by atoms with Crippen LogP contribution >= 0.6 is 0 Å². The Morgan fingerprint density at radius 3 is 2.41 bits per heavy atom. The van der Waals surface area contributed by atoms with Crippen molar-refractivity contribution < 1.29 is 29.0 Å². The molecule has 2 aromatic carbocycles. The topological polar surface area (TPSA) is 96.4 Å². The zero-order valence-corrected chi connectivity index (χ0v) is 22.6. The number of ketones is 1. The molecule has 37 heavy (non-hydrogen) atoms. The van der Waals surface area contributed by atoms with Gasteiger partial charge in [-0.25, -0.2) is 0 Å². The Balaban J connectivity index is 2.21. The number of aliphatic hydroxyl groups excluding tert-OH is 1. The van der Waals surface area contributed by atoms with E-state index in [1.54, 1.807) is 42.5 Å². The van der Waals surface area contributed by atoms with Crippen LogP contribution in [0.1, 0.15) is 57.4 Å². The number of carbonyl (C=O) groups excluding carboxylic acids is 3. The molecule has 8 nitrogen and oxygen atoms in total. The Labute approximate surface area is 218 Å². The first-order chi connectivity index (χ1) is 17.3. The molecule has 1 saturated heterocycles. The third-order valence-corrected chi connectivity index (χ3v) is 6.12. The number of ether oxygens (including phenoxy) is 2. The number of hydrogen-bond acceptors (Lipinski definition) is 7. The van der Waals surface area contributed by atoms with Crippen LogP contribution in [0.25, 0.3) is 5.76 Å². The summed E-state index contributed by atoms with van der Waals surface area (Å²) >= 11 is 0. The summed E-state index contributed by atoms with van der Waals surface area (Å²) in [4.78, 5) is 41.4. The Kier molecular flexibility index (Phi) is 8.43. The molecule has 0 aliphatic carbocycles. The predicted octanol–water partition coefficient (Wildman–Crippen LogP) is 4.29. The quantitative estimate of drug-likeness (QED) is 0.187. The fourth-order valence-corrected chi connectivity index (χ4v) is 4.38. The van der Waals surface area contributed by atoms with Crippen molar-refractivity contribution in [3.63, 3.8) is 0 Å². The van der Waals surface area contributed by atoms with Crippen LogP contribution in [0.4, 0.5) is 0 Å². The van der Waals surface area contributed by atoms with Crippen LogP contribution in [-0.4, -0.2) is 66.4 Å². The SMILES string of the molecule is CCOc1ccc(/C(O)=C2\C(=O)C(=O)N(CCN(C)C)C2c2cccc(OC(C)=O)c2)cc1C(C)(C)C. The number of hydrogen-bond donors (Lipinski definition) is 1. The van der Waals surface area contributed by atoms with Gasteiger partial charge in [0.1, 0.15) is 17.3 Å². The molecular weight excluding hydrogens is 472 g/mol. The van der Waals surface area contributed by atoms with Crippen molar-refractivity contribution >= 4 is 23.4 Å². The van der Waals surface area contributed by atoms with Gasteiger partial charge in [0.15, 0.2) is 0 Å². The molecule has 0 spiro atoms. The second kappa shape index (κ2) is 11.2. The molecule has 1 fully saturated rings. The van der Waals surface area contributed by atoms with E-state index in [-0.39, 0.29) is 23.3 Å². The first-order valence-corrected chi connectivity index (χ1v) is 12.3. The molecule has 2 aromatic rings. The molecule has 1 atom stereocenters. The maximum atomic E-state index is 13.3. The molecule has 1 heterocycles. The molecular formula is C29H36N2O6. The zero-order chi connectivity index (χ0) is 27.5. The van der Waals surface area contributed by atoms with Gasteiger partial charge < -0.3 is 24.4 Å². The van der Waals surface area contributed by atoms with Crippen LogP contribution in [0.3, 0.4) is 0 Å². The van der Waals surface area contributed by atoms with E-state index >= 15 is 0 Å². The van der Waals surface area contributed by atoms with E-state index in [2.05, 4.69) is 0 Å². The highest BCUT2D eigenvalue weighted by molar-refractivity contribution is 6.46. The van der Waals surface area contributed by atoms with Crippen LogP contribution in [-0.2, 0) is 19.8 Å². The average molecular weight is 509 g/mol. The number of likely N-dealkylation sites (N-methyl/N-ethyl adjacent to an activating group) is 1. The van der Waals surface area contributed by atoms with Crippen LogP contribution in [0.15, 0.2) is 48.0 Å². The van der Waals surface area contributed by atoms with Crippen molar-refractivity contribution in [3.05, 3.63) is 64.7 Å². The summed E-state index contributed by atoms with van der Waals surface area (Å²) in [5.74, 6) is -1.20. The lowest BCUT2D eigenvalue weighted by atomic mass is 9.84. The van der Waals surface area contributed by atoms with E-state index in [4.69, 9.17) is 9.47 Å². The molecule has 0 radical (unpaired) electrons. The monoisotopic (exact) mass is 508 g/mol. The van der Waals surface area contributed by atoms with Gasteiger partial charge in [0.25, 0.3) is 11.7 Å². The molecule has 0 bridgehead atoms. The molecule has 198 valence electrons. The maximum absolute atomic E-state index is 13.3. The zero-order valence-electron chi connectivity index (χ0n) is 22.6. The number of benzene rings is 2. The summed E-state index contributed by atoms with van der Waals surface area (Å²) < 4.78 is 11.0. The standard InChI is InChI=1S/C29H36N2O6/c1-8-36-23-13-12-20(17-22(23)29(3,4)5)26(33)24-25(19-10-9-11-21(16-19)37-18(2)32)31(15-14-30(6)7)28(35)27(24)34/h9-13,16-17,25,33H,8,14-15H2,1-7H3/b26-24+. The van der Waals surface area contributed by atoms with Gasteiger partial charge in [0.05, 0.1) is 18.2 Å². The van der Waals surface area contributed by atoms with Gasteiger partial charge in [-0.1, -0.05) is 32.9 Å². The fourth-order valence-electron chi connectivity index (χ4n) is 4.38. The predicted molar refractivity (Wildman–Crippen MR) is 142 cm³/mol. The first-order valence-electron chi connectivity index (χ1n) is 12.3. The molecule has 1 amide bonds. The molecule has 0 aromatic heterocycles. The van der Waals surface area contributed by atoms with Crippen LogP contribution in [0.5, 0.6) is 11.5 Å². The Morgan fingerprint density at radius 1 is 1.11 bits per heavy atom. The maximum Gasteiger partial charge on any atom is 0.308 e. The minimum absolute atomic E-state index is 0.00671. The van der Waals surface area contributed by atoms with Gasteiger partial charge in [-0.3, -0.25) is 14.4 Å². The number of amides is 1. The number of rotatable bonds is 8. The number of carbonyl (C=O) groups is 3.